The Kier molecular flexibility index (Phi) is 25.7. The van der Waals surface area contributed by atoms with Gasteiger partial charge in [0.25, 0.3) is 0 Å². The number of rotatable bonds is 4. The molecule has 0 spiro atoms. The SMILES string of the molecule is CC.CC.CCCC(CC)N(C)C. The molecule has 0 aliphatic rings. The Labute approximate surface area is 86.5 Å². The van der Waals surface area contributed by atoms with E-state index in [1.807, 2.05) is 27.7 Å². The molecular weight excluding hydrogens is 158 g/mol. The molecule has 1 heteroatoms. The van der Waals surface area contributed by atoms with Gasteiger partial charge in [-0.1, -0.05) is 48.0 Å². The van der Waals surface area contributed by atoms with Crippen LogP contribution in [0.2, 0.25) is 0 Å². The maximum atomic E-state index is 2.31. The van der Waals surface area contributed by atoms with E-state index in [-0.39, 0.29) is 0 Å². The van der Waals surface area contributed by atoms with Gasteiger partial charge in [-0.2, -0.15) is 0 Å². The molecule has 84 valence electrons. The Hall–Kier alpha value is -0.0400. The highest BCUT2D eigenvalue weighted by atomic mass is 15.1. The van der Waals surface area contributed by atoms with Crippen LogP contribution >= 0.6 is 0 Å². The van der Waals surface area contributed by atoms with Crippen LogP contribution in [0.3, 0.4) is 0 Å². The first-order chi connectivity index (χ1) is 6.22. The van der Waals surface area contributed by atoms with Crippen molar-refractivity contribution in [2.45, 2.75) is 66.8 Å². The zero-order chi connectivity index (χ0) is 11.3. The standard InChI is InChI=1S/C8H19N.2C2H6/c1-5-7-8(6-2)9(3)4;2*1-2/h8H,5-7H2,1-4H3;2*1-2H3. The van der Waals surface area contributed by atoms with E-state index >= 15 is 0 Å². The highest BCUT2D eigenvalue weighted by molar-refractivity contribution is 4.61. The van der Waals surface area contributed by atoms with E-state index in [9.17, 15) is 0 Å². The van der Waals surface area contributed by atoms with E-state index in [1.54, 1.807) is 0 Å². The van der Waals surface area contributed by atoms with Crippen molar-refractivity contribution in [1.29, 1.82) is 0 Å². The van der Waals surface area contributed by atoms with Crippen LogP contribution in [0, 0.1) is 0 Å². The minimum Gasteiger partial charge on any atom is -0.306 e. The van der Waals surface area contributed by atoms with Crippen LogP contribution in [-0.2, 0) is 0 Å². The largest absolute Gasteiger partial charge is 0.306 e. The molecule has 0 aromatic carbocycles. The highest BCUT2D eigenvalue weighted by Crippen LogP contribution is 2.05. The van der Waals surface area contributed by atoms with Crippen LogP contribution in [-0.4, -0.2) is 25.0 Å². The molecule has 1 unspecified atom stereocenters. The minimum absolute atomic E-state index is 0.801. The molecule has 1 nitrogen and oxygen atoms in total. The van der Waals surface area contributed by atoms with Crippen molar-refractivity contribution in [3.63, 3.8) is 0 Å². The third kappa shape index (κ3) is 14.8. The molecule has 0 saturated carbocycles. The van der Waals surface area contributed by atoms with Crippen molar-refractivity contribution in [3.05, 3.63) is 0 Å². The molecule has 1 atom stereocenters. The second-order valence-corrected chi connectivity index (χ2v) is 2.81. The zero-order valence-corrected chi connectivity index (χ0v) is 11.1. The van der Waals surface area contributed by atoms with Gasteiger partial charge in [-0.3, -0.25) is 0 Å². The summed E-state index contributed by atoms with van der Waals surface area (Å²) >= 11 is 0. The van der Waals surface area contributed by atoms with Gasteiger partial charge in [0.2, 0.25) is 0 Å². The van der Waals surface area contributed by atoms with Gasteiger partial charge in [0.1, 0.15) is 0 Å². The lowest BCUT2D eigenvalue weighted by Gasteiger charge is -2.21. The molecule has 0 rings (SSSR count). The first-order valence-corrected chi connectivity index (χ1v) is 5.88. The van der Waals surface area contributed by atoms with Crippen LogP contribution in [0.25, 0.3) is 0 Å². The van der Waals surface area contributed by atoms with Gasteiger partial charge < -0.3 is 4.90 Å². The second-order valence-electron chi connectivity index (χ2n) is 2.81. The fourth-order valence-electron chi connectivity index (χ4n) is 1.16. The molecule has 0 radical (unpaired) electrons. The van der Waals surface area contributed by atoms with Gasteiger partial charge in [0.05, 0.1) is 0 Å². The Morgan fingerprint density at radius 2 is 1.31 bits per heavy atom. The first-order valence-electron chi connectivity index (χ1n) is 5.88. The average molecular weight is 189 g/mol. The minimum atomic E-state index is 0.801. The summed E-state index contributed by atoms with van der Waals surface area (Å²) in [7, 11) is 4.31. The van der Waals surface area contributed by atoms with E-state index in [0.717, 1.165) is 6.04 Å². The third-order valence-corrected chi connectivity index (χ3v) is 1.82. The number of hydrogen-bond donors (Lipinski definition) is 0. The molecule has 0 aromatic rings. The number of hydrogen-bond acceptors (Lipinski definition) is 1. The molecule has 13 heavy (non-hydrogen) atoms. The van der Waals surface area contributed by atoms with Crippen LogP contribution in [0.4, 0.5) is 0 Å². The summed E-state index contributed by atoms with van der Waals surface area (Å²) in [4.78, 5) is 2.31. The molecule has 0 heterocycles. The lowest BCUT2D eigenvalue weighted by Crippen LogP contribution is -2.26. The van der Waals surface area contributed by atoms with E-state index < -0.39 is 0 Å². The predicted molar refractivity (Wildman–Crippen MR) is 65.4 cm³/mol. The molecular formula is C12H31N. The van der Waals surface area contributed by atoms with E-state index in [2.05, 4.69) is 32.8 Å². The lowest BCUT2D eigenvalue weighted by molar-refractivity contribution is 0.269. The van der Waals surface area contributed by atoms with Crippen molar-refractivity contribution < 1.29 is 0 Å². The summed E-state index contributed by atoms with van der Waals surface area (Å²) in [5, 5.41) is 0. The molecule has 0 aliphatic carbocycles. The van der Waals surface area contributed by atoms with Gasteiger partial charge in [-0.05, 0) is 26.9 Å². The Bertz CT molecular complexity index is 60.1. The van der Waals surface area contributed by atoms with Gasteiger partial charge in [-0.25, -0.2) is 0 Å². The summed E-state index contributed by atoms with van der Waals surface area (Å²) in [6, 6.07) is 0.801. The van der Waals surface area contributed by atoms with Crippen LogP contribution in [0.5, 0.6) is 0 Å². The van der Waals surface area contributed by atoms with Crippen molar-refractivity contribution >= 4 is 0 Å². The number of nitrogens with zero attached hydrogens (tertiary/aromatic N) is 1. The zero-order valence-electron chi connectivity index (χ0n) is 11.1. The summed E-state index contributed by atoms with van der Waals surface area (Å²) in [6.45, 7) is 12.5. The summed E-state index contributed by atoms with van der Waals surface area (Å²) < 4.78 is 0. The first kappa shape index (κ1) is 18.7. The average Bonchev–Trinajstić information content (AvgIpc) is 2.20. The fourth-order valence-corrected chi connectivity index (χ4v) is 1.16. The lowest BCUT2D eigenvalue weighted by atomic mass is 10.1. The van der Waals surface area contributed by atoms with Crippen LogP contribution < -0.4 is 0 Å². The van der Waals surface area contributed by atoms with E-state index in [4.69, 9.17) is 0 Å². The maximum Gasteiger partial charge on any atom is 0.00864 e. The Morgan fingerprint density at radius 1 is 0.923 bits per heavy atom. The van der Waals surface area contributed by atoms with Gasteiger partial charge in [0, 0.05) is 6.04 Å². The monoisotopic (exact) mass is 189 g/mol. The summed E-state index contributed by atoms with van der Waals surface area (Å²) in [5.41, 5.74) is 0. The van der Waals surface area contributed by atoms with Crippen LogP contribution in [0.15, 0.2) is 0 Å². The molecule has 0 amide bonds. The molecule has 0 bridgehead atoms. The molecule has 0 N–H and O–H groups in total. The van der Waals surface area contributed by atoms with Gasteiger partial charge >= 0.3 is 0 Å². The Balaban J connectivity index is -0.000000218. The van der Waals surface area contributed by atoms with E-state index in [1.165, 1.54) is 19.3 Å². The molecule has 0 aliphatic heterocycles. The fraction of sp³-hybridized carbons (Fsp3) is 1.00. The maximum absolute atomic E-state index is 2.31. The Morgan fingerprint density at radius 3 is 1.38 bits per heavy atom. The molecule has 0 fully saturated rings. The second kappa shape index (κ2) is 17.9. The van der Waals surface area contributed by atoms with Crippen molar-refractivity contribution in [2.75, 3.05) is 14.1 Å². The van der Waals surface area contributed by atoms with Gasteiger partial charge in [-0.15, -0.1) is 0 Å². The third-order valence-electron chi connectivity index (χ3n) is 1.82. The van der Waals surface area contributed by atoms with Crippen LogP contribution in [0.1, 0.15) is 60.8 Å². The summed E-state index contributed by atoms with van der Waals surface area (Å²) in [5.74, 6) is 0. The predicted octanol–water partition coefficient (Wildman–Crippen LogP) is 4.18. The topological polar surface area (TPSA) is 3.24 Å². The van der Waals surface area contributed by atoms with Crippen molar-refractivity contribution in [3.8, 4) is 0 Å². The normalized spacial score (nSPS) is 10.8. The van der Waals surface area contributed by atoms with Crippen molar-refractivity contribution in [2.24, 2.45) is 0 Å². The van der Waals surface area contributed by atoms with Crippen molar-refractivity contribution in [1.82, 2.24) is 4.90 Å². The molecule has 0 aromatic heterocycles. The summed E-state index contributed by atoms with van der Waals surface area (Å²) in [6.07, 6.45) is 3.92. The van der Waals surface area contributed by atoms with E-state index in [0.29, 0.717) is 0 Å². The quantitative estimate of drug-likeness (QED) is 0.641. The highest BCUT2D eigenvalue weighted by Gasteiger charge is 2.05. The smallest absolute Gasteiger partial charge is 0.00864 e. The van der Waals surface area contributed by atoms with Gasteiger partial charge in [0.15, 0.2) is 0 Å². The molecule has 0 saturated heterocycles.